The van der Waals surface area contributed by atoms with Gasteiger partial charge in [0.25, 0.3) is 10.9 Å². The van der Waals surface area contributed by atoms with E-state index in [1.165, 1.54) is 18.2 Å². The highest BCUT2D eigenvalue weighted by molar-refractivity contribution is 7.82. The lowest BCUT2D eigenvalue weighted by Gasteiger charge is -2.28. The van der Waals surface area contributed by atoms with Crippen molar-refractivity contribution in [3.05, 3.63) is 64.7 Å². The van der Waals surface area contributed by atoms with Gasteiger partial charge in [-0.3, -0.25) is 10.1 Å². The molecule has 0 fully saturated rings. The molecule has 0 spiro atoms. The highest BCUT2D eigenvalue weighted by Gasteiger charge is 2.21. The molecule has 0 aromatic heterocycles. The Kier molecular flexibility index (Phi) is 5.78. The third kappa shape index (κ3) is 4.24. The minimum Gasteiger partial charge on any atom is -0.431 e. The van der Waals surface area contributed by atoms with Crippen LogP contribution in [0.4, 0.5) is 11.4 Å². The molecule has 0 aliphatic carbocycles. The molecular formula is C16H15N3O3S2. The van der Waals surface area contributed by atoms with E-state index in [9.17, 15) is 10.1 Å². The molecule has 0 N–H and O–H groups in total. The van der Waals surface area contributed by atoms with Crippen LogP contribution in [0.3, 0.4) is 0 Å². The number of benzene rings is 2. The van der Waals surface area contributed by atoms with Crippen LogP contribution in [0.15, 0.2) is 54.6 Å². The van der Waals surface area contributed by atoms with Gasteiger partial charge in [0.05, 0.1) is 16.7 Å². The van der Waals surface area contributed by atoms with E-state index >= 15 is 0 Å². The maximum Gasteiger partial charge on any atom is 0.275 e. The topological polar surface area (TPSA) is 58.8 Å². The fourth-order valence-electron chi connectivity index (χ4n) is 1.88. The maximum atomic E-state index is 10.9. The average Bonchev–Trinajstić information content (AvgIpc) is 2.56. The normalized spacial score (nSPS) is 9.92. The van der Waals surface area contributed by atoms with E-state index in [0.29, 0.717) is 5.11 Å². The van der Waals surface area contributed by atoms with Crippen LogP contribution in [0.1, 0.15) is 0 Å². The van der Waals surface area contributed by atoms with E-state index in [1.807, 2.05) is 30.3 Å². The van der Waals surface area contributed by atoms with Gasteiger partial charge in [-0.05, 0) is 42.6 Å². The Morgan fingerprint density at radius 3 is 2.33 bits per heavy atom. The van der Waals surface area contributed by atoms with E-state index < -0.39 is 4.92 Å². The van der Waals surface area contributed by atoms with Crippen LogP contribution >= 0.6 is 24.4 Å². The van der Waals surface area contributed by atoms with Crippen LogP contribution < -0.4 is 9.64 Å². The molecule has 2 rings (SSSR count). The zero-order valence-corrected chi connectivity index (χ0v) is 14.7. The fraction of sp³-hybridized carbons (Fsp3) is 0.125. The summed E-state index contributed by atoms with van der Waals surface area (Å²) in [5.41, 5.74) is 0.670. The van der Waals surface area contributed by atoms with Crippen LogP contribution in [0, 0.1) is 10.1 Å². The quantitative estimate of drug-likeness (QED) is 0.470. The highest BCUT2D eigenvalue weighted by atomic mass is 32.1. The molecule has 0 atom stereocenters. The van der Waals surface area contributed by atoms with Gasteiger partial charge in [-0.1, -0.05) is 24.3 Å². The predicted octanol–water partition coefficient (Wildman–Crippen LogP) is 3.61. The van der Waals surface area contributed by atoms with Gasteiger partial charge < -0.3 is 9.64 Å². The molecule has 124 valence electrons. The van der Waals surface area contributed by atoms with Gasteiger partial charge in [-0.25, -0.2) is 4.90 Å². The molecule has 0 unspecified atom stereocenters. The van der Waals surface area contributed by atoms with Crippen molar-refractivity contribution in [1.82, 2.24) is 4.90 Å². The second-order valence-electron chi connectivity index (χ2n) is 4.97. The van der Waals surface area contributed by atoms with E-state index in [-0.39, 0.29) is 16.6 Å². The molecule has 0 heterocycles. The summed E-state index contributed by atoms with van der Waals surface area (Å²) in [7, 11) is 3.60. The number of nitro benzene ring substituents is 1. The average molecular weight is 361 g/mol. The van der Waals surface area contributed by atoms with Crippen molar-refractivity contribution in [2.45, 2.75) is 0 Å². The van der Waals surface area contributed by atoms with Gasteiger partial charge in [0.15, 0.2) is 5.11 Å². The van der Waals surface area contributed by atoms with Crippen LogP contribution in [-0.2, 0) is 0 Å². The third-order valence-electron chi connectivity index (χ3n) is 3.00. The van der Waals surface area contributed by atoms with Crippen LogP contribution in [0.2, 0.25) is 0 Å². The molecule has 2 aromatic rings. The van der Waals surface area contributed by atoms with Crippen molar-refractivity contribution in [2.75, 3.05) is 19.0 Å². The molecule has 0 bridgehead atoms. The largest absolute Gasteiger partial charge is 0.431 e. The Hall–Kier alpha value is -2.58. The highest BCUT2D eigenvalue weighted by Crippen LogP contribution is 2.22. The monoisotopic (exact) mass is 361 g/mol. The molecule has 8 heteroatoms. The summed E-state index contributed by atoms with van der Waals surface area (Å²) in [6, 6.07) is 15.1. The molecule has 0 aliphatic heterocycles. The summed E-state index contributed by atoms with van der Waals surface area (Å²) in [5, 5.41) is 11.4. The van der Waals surface area contributed by atoms with Gasteiger partial charge >= 0.3 is 0 Å². The van der Waals surface area contributed by atoms with Crippen molar-refractivity contribution >= 4 is 46.1 Å². The number of nitro groups is 1. The summed E-state index contributed by atoms with van der Waals surface area (Å²) in [5.74, 6) is 0.275. The predicted molar refractivity (Wildman–Crippen MR) is 102 cm³/mol. The summed E-state index contributed by atoms with van der Waals surface area (Å²) < 4.78 is 5.63. The number of hydrogen-bond donors (Lipinski definition) is 0. The zero-order valence-electron chi connectivity index (χ0n) is 13.1. The van der Waals surface area contributed by atoms with Gasteiger partial charge in [0, 0.05) is 20.2 Å². The maximum absolute atomic E-state index is 10.9. The van der Waals surface area contributed by atoms with Crippen LogP contribution in [0.5, 0.6) is 5.75 Å². The van der Waals surface area contributed by atoms with Crippen LogP contribution in [0.25, 0.3) is 0 Å². The zero-order chi connectivity index (χ0) is 17.7. The second-order valence-corrected chi connectivity index (χ2v) is 5.68. The lowest BCUT2D eigenvalue weighted by Crippen LogP contribution is -2.44. The van der Waals surface area contributed by atoms with Crippen molar-refractivity contribution in [3.63, 3.8) is 0 Å². The number of rotatable bonds is 3. The second kappa shape index (κ2) is 7.80. The Morgan fingerprint density at radius 1 is 1.08 bits per heavy atom. The van der Waals surface area contributed by atoms with Crippen molar-refractivity contribution in [3.8, 4) is 5.75 Å². The number of non-ortho nitro benzene ring substituents is 1. The molecule has 0 amide bonds. The molecule has 24 heavy (non-hydrogen) atoms. The molecule has 0 saturated heterocycles. The molecule has 0 aliphatic rings. The van der Waals surface area contributed by atoms with E-state index in [2.05, 4.69) is 0 Å². The van der Waals surface area contributed by atoms with Crippen LogP contribution in [-0.4, -0.2) is 34.2 Å². The first kappa shape index (κ1) is 17.8. The van der Waals surface area contributed by atoms with Crippen molar-refractivity contribution in [2.24, 2.45) is 0 Å². The summed E-state index contributed by atoms with van der Waals surface area (Å²) in [4.78, 5) is 13.7. The summed E-state index contributed by atoms with van der Waals surface area (Å²) in [6.45, 7) is 0. The Bertz CT molecular complexity index is 766. The standard InChI is InChI=1S/C16H15N3O3S2/c1-17(2)15(23)18(12-7-4-3-5-8-12)16(24)22-14-10-6-9-13(11-14)19(20)21/h3-11H,1-2H3. The van der Waals surface area contributed by atoms with Gasteiger partial charge in [0.2, 0.25) is 0 Å². The fourth-order valence-corrected chi connectivity index (χ4v) is 2.41. The number of para-hydroxylation sites is 1. The van der Waals surface area contributed by atoms with Crippen molar-refractivity contribution < 1.29 is 9.66 Å². The number of nitrogens with zero attached hydrogens (tertiary/aromatic N) is 3. The Labute approximate surface area is 150 Å². The molecule has 6 nitrogen and oxygen atoms in total. The number of anilines is 1. The first-order valence-corrected chi connectivity index (χ1v) is 7.74. The summed E-state index contributed by atoms with van der Waals surface area (Å²) >= 11 is 10.8. The van der Waals surface area contributed by atoms with E-state index in [1.54, 1.807) is 30.0 Å². The Balaban J connectivity index is 2.30. The van der Waals surface area contributed by atoms with E-state index in [4.69, 9.17) is 29.2 Å². The SMILES string of the molecule is CN(C)C(=S)N(C(=S)Oc1cccc([N+](=O)[O-])c1)c1ccccc1. The van der Waals surface area contributed by atoms with E-state index in [0.717, 1.165) is 5.69 Å². The van der Waals surface area contributed by atoms with Gasteiger partial charge in [0.1, 0.15) is 5.75 Å². The number of ether oxygens (including phenoxy) is 1. The lowest BCUT2D eigenvalue weighted by molar-refractivity contribution is -0.384. The Morgan fingerprint density at radius 2 is 1.75 bits per heavy atom. The van der Waals surface area contributed by atoms with Crippen molar-refractivity contribution in [1.29, 1.82) is 0 Å². The third-order valence-corrected chi connectivity index (χ3v) is 3.82. The van der Waals surface area contributed by atoms with Gasteiger partial charge in [-0.15, -0.1) is 0 Å². The number of hydrogen-bond acceptors (Lipinski definition) is 5. The smallest absolute Gasteiger partial charge is 0.275 e. The first-order chi connectivity index (χ1) is 11.4. The molecule has 2 aromatic carbocycles. The number of thiocarbonyl (C=S) groups is 2. The minimum atomic E-state index is -0.491. The molecule has 0 saturated carbocycles. The minimum absolute atomic E-state index is 0.0725. The van der Waals surface area contributed by atoms with Gasteiger partial charge in [-0.2, -0.15) is 0 Å². The first-order valence-electron chi connectivity index (χ1n) is 6.93. The summed E-state index contributed by atoms with van der Waals surface area (Å²) in [6.07, 6.45) is 0. The molecular weight excluding hydrogens is 346 g/mol. The lowest BCUT2D eigenvalue weighted by atomic mass is 10.3. The molecule has 0 radical (unpaired) electrons.